The Labute approximate surface area is 198 Å². The molecule has 0 aliphatic carbocycles. The maximum atomic E-state index is 12.7. The Balaban J connectivity index is 1.18. The molecule has 7 heteroatoms. The predicted octanol–water partition coefficient (Wildman–Crippen LogP) is 3.64. The maximum Gasteiger partial charge on any atom is 0.197 e. The summed E-state index contributed by atoms with van der Waals surface area (Å²) in [6.07, 6.45) is 4.59. The number of piperidine rings is 1. The van der Waals surface area contributed by atoms with E-state index in [4.69, 9.17) is 9.15 Å². The van der Waals surface area contributed by atoms with E-state index in [1.165, 1.54) is 0 Å². The van der Waals surface area contributed by atoms with E-state index in [9.17, 15) is 9.90 Å². The van der Waals surface area contributed by atoms with Crippen LogP contribution in [0, 0.1) is 0 Å². The molecule has 2 N–H and O–H groups in total. The van der Waals surface area contributed by atoms with Crippen molar-refractivity contribution < 1.29 is 14.3 Å². The zero-order valence-corrected chi connectivity index (χ0v) is 19.2. The summed E-state index contributed by atoms with van der Waals surface area (Å²) in [6.45, 7) is 2.82. The smallest absolute Gasteiger partial charge is 0.197 e. The Kier molecular flexibility index (Phi) is 6.58. The second-order valence-electron chi connectivity index (χ2n) is 8.81. The third-order valence-electron chi connectivity index (χ3n) is 6.70. The topological polar surface area (TPSA) is 87.8 Å². The summed E-state index contributed by atoms with van der Waals surface area (Å²) in [5.41, 5.74) is 2.92. The summed E-state index contributed by atoms with van der Waals surface area (Å²) >= 11 is 0. The molecule has 2 aromatic heterocycles. The van der Waals surface area contributed by atoms with Crippen LogP contribution >= 0.6 is 0 Å². The van der Waals surface area contributed by atoms with Crippen LogP contribution in [0.15, 0.2) is 70.2 Å². The summed E-state index contributed by atoms with van der Waals surface area (Å²) in [4.78, 5) is 19.4. The zero-order chi connectivity index (χ0) is 23.5. The molecular formula is C27H29N3O4. The van der Waals surface area contributed by atoms with Gasteiger partial charge in [-0.1, -0.05) is 24.3 Å². The van der Waals surface area contributed by atoms with Gasteiger partial charge in [0.2, 0.25) is 0 Å². The second-order valence-corrected chi connectivity index (χ2v) is 8.81. The molecule has 0 amide bonds. The number of para-hydroxylation sites is 2. The van der Waals surface area contributed by atoms with Crippen LogP contribution in [-0.4, -0.2) is 47.8 Å². The van der Waals surface area contributed by atoms with Gasteiger partial charge in [0.1, 0.15) is 16.8 Å². The van der Waals surface area contributed by atoms with Crippen LogP contribution in [0.5, 0.6) is 5.75 Å². The number of aliphatic hydroxyl groups is 1. The first-order valence-corrected chi connectivity index (χ1v) is 11.7. The van der Waals surface area contributed by atoms with E-state index < -0.39 is 6.10 Å². The highest BCUT2D eigenvalue weighted by Crippen LogP contribution is 2.29. The number of hydrogen-bond donors (Lipinski definition) is 2. The number of rotatable bonds is 7. The van der Waals surface area contributed by atoms with Crippen molar-refractivity contribution in [3.8, 4) is 5.75 Å². The largest absolute Gasteiger partial charge is 0.494 e. The molecule has 0 saturated carbocycles. The number of pyridine rings is 1. The number of likely N-dealkylation sites (tertiary alicyclic amines) is 1. The van der Waals surface area contributed by atoms with Crippen molar-refractivity contribution in [3.63, 3.8) is 0 Å². The minimum Gasteiger partial charge on any atom is -0.494 e. The molecule has 5 rings (SSSR count). The van der Waals surface area contributed by atoms with Crippen molar-refractivity contribution in [2.45, 2.75) is 31.5 Å². The summed E-state index contributed by atoms with van der Waals surface area (Å²) in [7, 11) is 1.63. The minimum absolute atomic E-state index is 0.0242. The number of ether oxygens (including phenoxy) is 1. The molecule has 34 heavy (non-hydrogen) atoms. The van der Waals surface area contributed by atoms with Gasteiger partial charge in [0, 0.05) is 36.3 Å². The molecule has 0 spiro atoms. The quantitative estimate of drug-likeness (QED) is 0.436. The van der Waals surface area contributed by atoms with Crippen LogP contribution < -0.4 is 15.5 Å². The number of nitrogens with one attached hydrogen (secondary N) is 1. The number of aromatic nitrogens is 1. The number of methoxy groups -OCH3 is 1. The first-order valence-electron chi connectivity index (χ1n) is 11.7. The Morgan fingerprint density at radius 1 is 1.15 bits per heavy atom. The van der Waals surface area contributed by atoms with Crippen LogP contribution in [0.1, 0.15) is 30.1 Å². The summed E-state index contributed by atoms with van der Waals surface area (Å²) in [6, 6.07) is 15.3. The Morgan fingerprint density at radius 3 is 2.76 bits per heavy atom. The van der Waals surface area contributed by atoms with Gasteiger partial charge in [-0.2, -0.15) is 0 Å². The molecule has 1 unspecified atom stereocenters. The first kappa shape index (κ1) is 22.5. The Hall–Kier alpha value is -3.26. The monoisotopic (exact) mass is 459 g/mol. The van der Waals surface area contributed by atoms with Crippen molar-refractivity contribution in [3.05, 3.63) is 82.3 Å². The van der Waals surface area contributed by atoms with E-state index in [1.54, 1.807) is 25.6 Å². The van der Waals surface area contributed by atoms with Gasteiger partial charge in [-0.25, -0.2) is 0 Å². The predicted molar refractivity (Wildman–Crippen MR) is 132 cm³/mol. The molecule has 7 nitrogen and oxygen atoms in total. The fourth-order valence-electron chi connectivity index (χ4n) is 4.78. The van der Waals surface area contributed by atoms with Crippen molar-refractivity contribution in [1.82, 2.24) is 15.2 Å². The lowest BCUT2D eigenvalue weighted by Gasteiger charge is -2.33. The van der Waals surface area contributed by atoms with Crippen LogP contribution in [0.4, 0.5) is 0 Å². The normalized spacial score (nSPS) is 16.2. The van der Waals surface area contributed by atoms with Crippen LogP contribution in [0.25, 0.3) is 21.9 Å². The van der Waals surface area contributed by atoms with Crippen molar-refractivity contribution in [2.24, 2.45) is 0 Å². The highest BCUT2D eigenvalue weighted by Gasteiger charge is 2.23. The van der Waals surface area contributed by atoms with E-state index in [-0.39, 0.29) is 5.43 Å². The molecule has 176 valence electrons. The molecule has 1 aliphatic rings. The van der Waals surface area contributed by atoms with Gasteiger partial charge in [-0.05, 0) is 55.8 Å². The van der Waals surface area contributed by atoms with Crippen molar-refractivity contribution in [1.29, 1.82) is 0 Å². The van der Waals surface area contributed by atoms with Gasteiger partial charge in [0.15, 0.2) is 5.43 Å². The number of β-amino-alcohol motifs (C(OH)–C–C–N with tert-alkyl or cyclic N) is 1. The zero-order valence-electron chi connectivity index (χ0n) is 19.2. The van der Waals surface area contributed by atoms with Crippen LogP contribution in [0.2, 0.25) is 0 Å². The van der Waals surface area contributed by atoms with Crippen LogP contribution in [-0.2, 0) is 6.54 Å². The van der Waals surface area contributed by atoms with Gasteiger partial charge < -0.3 is 24.5 Å². The van der Waals surface area contributed by atoms with Gasteiger partial charge in [0.25, 0.3) is 0 Å². The highest BCUT2D eigenvalue weighted by atomic mass is 16.5. The summed E-state index contributed by atoms with van der Waals surface area (Å²) < 4.78 is 11.0. The highest BCUT2D eigenvalue weighted by molar-refractivity contribution is 5.87. The van der Waals surface area contributed by atoms with E-state index in [2.05, 4.69) is 15.2 Å². The van der Waals surface area contributed by atoms with Gasteiger partial charge in [-0.3, -0.25) is 9.78 Å². The average molecular weight is 460 g/mol. The molecule has 0 bridgehead atoms. The number of hydrogen-bond acceptors (Lipinski definition) is 7. The number of fused-ring (bicyclic) bond motifs is 2. The van der Waals surface area contributed by atoms with Gasteiger partial charge in [0.05, 0.1) is 24.9 Å². The molecular weight excluding hydrogens is 430 g/mol. The fourth-order valence-corrected chi connectivity index (χ4v) is 4.78. The Bertz CT molecular complexity index is 1340. The SMILES string of the molecule is COc1cccc2c(C(O)CN3CCC(NCc4coc5ccccc5c4=O)CC3)ccnc12. The summed E-state index contributed by atoms with van der Waals surface area (Å²) in [5.74, 6) is 0.707. The van der Waals surface area contributed by atoms with E-state index in [0.717, 1.165) is 42.4 Å². The number of nitrogens with zero attached hydrogens (tertiary/aromatic N) is 2. The van der Waals surface area contributed by atoms with E-state index in [1.807, 2.05) is 42.5 Å². The standard InChI is InChI=1S/C27H29N3O4/c1-33-25-8-4-6-21-20(9-12-28-26(21)25)23(31)16-30-13-10-19(11-14-30)29-15-18-17-34-24-7-3-2-5-22(24)27(18)32/h2-9,12,17,19,23,29,31H,10-11,13-16H2,1H3. The molecule has 4 aromatic rings. The third-order valence-corrected chi connectivity index (χ3v) is 6.70. The van der Waals surface area contributed by atoms with Crippen molar-refractivity contribution in [2.75, 3.05) is 26.7 Å². The maximum absolute atomic E-state index is 12.7. The van der Waals surface area contributed by atoms with Crippen molar-refractivity contribution >= 4 is 21.9 Å². The molecule has 2 aromatic carbocycles. The van der Waals surface area contributed by atoms with Gasteiger partial charge >= 0.3 is 0 Å². The molecule has 1 atom stereocenters. The van der Waals surface area contributed by atoms with E-state index in [0.29, 0.717) is 41.4 Å². The first-order chi connectivity index (χ1) is 16.6. The fraction of sp³-hybridized carbons (Fsp3) is 0.333. The second kappa shape index (κ2) is 9.93. The number of aliphatic hydroxyl groups excluding tert-OH is 1. The molecule has 3 heterocycles. The lowest BCUT2D eigenvalue weighted by atomic mass is 10.0. The molecule has 0 radical (unpaired) electrons. The lowest BCUT2D eigenvalue weighted by molar-refractivity contribution is 0.0948. The molecule has 1 saturated heterocycles. The Morgan fingerprint density at radius 2 is 1.94 bits per heavy atom. The van der Waals surface area contributed by atoms with E-state index >= 15 is 0 Å². The average Bonchev–Trinajstić information content (AvgIpc) is 2.88. The lowest BCUT2D eigenvalue weighted by Crippen LogP contribution is -2.43. The molecule has 1 fully saturated rings. The number of benzene rings is 2. The minimum atomic E-state index is -0.607. The summed E-state index contributed by atoms with van der Waals surface area (Å²) in [5, 5.41) is 16.0. The van der Waals surface area contributed by atoms with Crippen LogP contribution in [0.3, 0.4) is 0 Å². The van der Waals surface area contributed by atoms with Gasteiger partial charge in [-0.15, -0.1) is 0 Å². The third kappa shape index (κ3) is 4.55. The molecule has 1 aliphatic heterocycles.